The average Bonchev–Trinajstić information content (AvgIpc) is 2.69. The molecule has 1 amide bonds. The number of rotatable bonds is 4. The molecule has 2 aliphatic rings. The second-order valence-corrected chi connectivity index (χ2v) is 8.71. The highest BCUT2D eigenvalue weighted by molar-refractivity contribution is 7.90. The molecule has 7 nitrogen and oxygen atoms in total. The van der Waals surface area contributed by atoms with Crippen LogP contribution >= 0.6 is 0 Å². The second kappa shape index (κ2) is 7.92. The Morgan fingerprint density at radius 2 is 1.83 bits per heavy atom. The number of piperidine rings is 1. The number of nitrogens with one attached hydrogen (secondary N) is 2. The van der Waals surface area contributed by atoms with E-state index in [0.29, 0.717) is 44.0 Å². The molecule has 0 bridgehead atoms. The van der Waals surface area contributed by atoms with E-state index in [2.05, 4.69) is 19.9 Å². The number of hydrogen-bond donors (Lipinski definition) is 2. The summed E-state index contributed by atoms with van der Waals surface area (Å²) < 4.78 is 42.3. The van der Waals surface area contributed by atoms with E-state index < -0.39 is 21.7 Å². The minimum atomic E-state index is -3.70. The maximum Gasteiger partial charge on any atom is 0.286 e. The van der Waals surface area contributed by atoms with E-state index in [0.717, 1.165) is 0 Å². The average molecular weight is 416 g/mol. The van der Waals surface area contributed by atoms with Crippen molar-refractivity contribution in [3.8, 4) is 0 Å². The van der Waals surface area contributed by atoms with Gasteiger partial charge in [-0.1, -0.05) is 24.3 Å². The summed E-state index contributed by atoms with van der Waals surface area (Å²) in [6, 6.07) is 12.5. The Labute approximate surface area is 168 Å². The van der Waals surface area contributed by atoms with Gasteiger partial charge < -0.3 is 10.6 Å². The Bertz CT molecular complexity index is 1060. The Balaban J connectivity index is 1.33. The van der Waals surface area contributed by atoms with Gasteiger partial charge in [-0.2, -0.15) is 8.42 Å². The van der Waals surface area contributed by atoms with Crippen LogP contribution in [-0.2, 0) is 10.0 Å². The smallest absolute Gasteiger partial charge is 0.286 e. The topological polar surface area (TPSA) is 90.9 Å². The maximum absolute atomic E-state index is 13.7. The van der Waals surface area contributed by atoms with E-state index in [-0.39, 0.29) is 16.5 Å². The summed E-state index contributed by atoms with van der Waals surface area (Å²) in [5.74, 6) is -0.564. The van der Waals surface area contributed by atoms with Crippen molar-refractivity contribution in [1.82, 2.24) is 10.2 Å². The molecule has 9 heteroatoms. The molecule has 2 aromatic carbocycles. The van der Waals surface area contributed by atoms with Gasteiger partial charge in [0.1, 0.15) is 16.5 Å². The predicted octanol–water partition coefficient (Wildman–Crippen LogP) is 2.23. The number of halogens is 1. The number of amides is 1. The van der Waals surface area contributed by atoms with Crippen LogP contribution < -0.4 is 10.6 Å². The number of nitrogens with zero attached hydrogens (tertiary/aromatic N) is 2. The maximum atomic E-state index is 13.7. The molecule has 2 aliphatic heterocycles. The number of amidine groups is 1. The zero-order valence-corrected chi connectivity index (χ0v) is 16.5. The fourth-order valence-electron chi connectivity index (χ4n) is 3.59. The van der Waals surface area contributed by atoms with Crippen molar-refractivity contribution in [2.75, 3.05) is 25.0 Å². The van der Waals surface area contributed by atoms with Crippen LogP contribution in [0.3, 0.4) is 0 Å². The lowest BCUT2D eigenvalue weighted by atomic mass is 10.0. The highest BCUT2D eigenvalue weighted by atomic mass is 32.2. The van der Waals surface area contributed by atoms with E-state index in [1.165, 1.54) is 18.2 Å². The molecule has 0 aromatic heterocycles. The van der Waals surface area contributed by atoms with Crippen LogP contribution in [0.5, 0.6) is 0 Å². The minimum absolute atomic E-state index is 0.0413. The standard InChI is InChI=1S/C20H21FN4O3S/c21-16-6-2-1-5-15(16)20(26)22-14-9-11-25(12-10-14)13-19-23-17-7-3-4-8-18(17)29(27,28)24-19/h1-8,14H,9-13H2,(H,22,26)(H,23,24). The third-order valence-electron chi connectivity index (χ3n) is 5.09. The van der Waals surface area contributed by atoms with Crippen LogP contribution in [0.15, 0.2) is 57.8 Å². The van der Waals surface area contributed by atoms with Crippen LogP contribution in [-0.4, -0.2) is 50.7 Å². The summed E-state index contributed by atoms with van der Waals surface area (Å²) in [4.78, 5) is 14.5. The van der Waals surface area contributed by atoms with Gasteiger partial charge in [0, 0.05) is 19.1 Å². The van der Waals surface area contributed by atoms with Gasteiger partial charge in [-0.25, -0.2) is 4.39 Å². The van der Waals surface area contributed by atoms with Crippen molar-refractivity contribution in [1.29, 1.82) is 0 Å². The number of carbonyl (C=O) groups is 1. The van der Waals surface area contributed by atoms with Crippen molar-refractivity contribution in [3.63, 3.8) is 0 Å². The Kier molecular flexibility index (Phi) is 5.33. The van der Waals surface area contributed by atoms with Gasteiger partial charge in [-0.3, -0.25) is 9.69 Å². The molecule has 0 atom stereocenters. The van der Waals surface area contributed by atoms with Crippen molar-refractivity contribution < 1.29 is 17.6 Å². The number of carbonyl (C=O) groups excluding carboxylic acids is 1. The van der Waals surface area contributed by atoms with Crippen LogP contribution in [0.4, 0.5) is 10.1 Å². The number of anilines is 1. The van der Waals surface area contributed by atoms with Crippen molar-refractivity contribution >= 4 is 27.5 Å². The lowest BCUT2D eigenvalue weighted by molar-refractivity contribution is 0.0910. The minimum Gasteiger partial charge on any atom is -0.349 e. The fourth-order valence-corrected chi connectivity index (χ4v) is 4.73. The van der Waals surface area contributed by atoms with E-state index in [4.69, 9.17) is 0 Å². The van der Waals surface area contributed by atoms with Gasteiger partial charge >= 0.3 is 0 Å². The lowest BCUT2D eigenvalue weighted by Gasteiger charge is -2.33. The largest absolute Gasteiger partial charge is 0.349 e. The number of benzene rings is 2. The monoisotopic (exact) mass is 416 g/mol. The van der Waals surface area contributed by atoms with Gasteiger partial charge in [-0.15, -0.1) is 4.40 Å². The molecule has 29 heavy (non-hydrogen) atoms. The van der Waals surface area contributed by atoms with Crippen molar-refractivity contribution in [2.45, 2.75) is 23.8 Å². The summed E-state index contributed by atoms with van der Waals surface area (Å²) in [5.41, 5.74) is 0.573. The molecule has 0 saturated carbocycles. The molecule has 152 valence electrons. The summed E-state index contributed by atoms with van der Waals surface area (Å²) in [7, 11) is -3.70. The zero-order chi connectivity index (χ0) is 20.4. The molecule has 4 rings (SSSR count). The third-order valence-corrected chi connectivity index (χ3v) is 6.46. The molecular formula is C20H21FN4O3S. The van der Waals surface area contributed by atoms with E-state index in [9.17, 15) is 17.6 Å². The van der Waals surface area contributed by atoms with Crippen LogP contribution in [0, 0.1) is 5.82 Å². The van der Waals surface area contributed by atoms with E-state index in [1.54, 1.807) is 30.3 Å². The second-order valence-electron chi connectivity index (χ2n) is 7.14. The predicted molar refractivity (Wildman–Crippen MR) is 108 cm³/mol. The number of likely N-dealkylation sites (tertiary alicyclic amines) is 1. The van der Waals surface area contributed by atoms with Gasteiger partial charge in [0.05, 0.1) is 17.8 Å². The first-order valence-corrected chi connectivity index (χ1v) is 10.8. The van der Waals surface area contributed by atoms with Crippen molar-refractivity contribution in [3.05, 3.63) is 59.9 Å². The Morgan fingerprint density at radius 1 is 1.14 bits per heavy atom. The molecule has 2 aromatic rings. The molecule has 1 fully saturated rings. The molecule has 2 heterocycles. The summed E-state index contributed by atoms with van der Waals surface area (Å²) in [6.45, 7) is 1.72. The lowest BCUT2D eigenvalue weighted by Crippen LogP contribution is -2.47. The molecule has 1 saturated heterocycles. The zero-order valence-electron chi connectivity index (χ0n) is 15.6. The number of fused-ring (bicyclic) bond motifs is 1. The van der Waals surface area contributed by atoms with Crippen LogP contribution in [0.1, 0.15) is 23.2 Å². The molecule has 2 N–H and O–H groups in total. The first-order chi connectivity index (χ1) is 13.9. The van der Waals surface area contributed by atoms with E-state index >= 15 is 0 Å². The fraction of sp³-hybridized carbons (Fsp3) is 0.300. The quantitative estimate of drug-likeness (QED) is 0.798. The number of sulfonamides is 1. The van der Waals surface area contributed by atoms with Crippen LogP contribution in [0.25, 0.3) is 0 Å². The summed E-state index contributed by atoms with van der Waals surface area (Å²) >= 11 is 0. The Hall–Kier alpha value is -2.78. The van der Waals surface area contributed by atoms with Crippen molar-refractivity contribution in [2.24, 2.45) is 4.40 Å². The normalized spacial score (nSPS) is 19.0. The highest BCUT2D eigenvalue weighted by Gasteiger charge is 2.27. The molecule has 0 radical (unpaired) electrons. The molecule has 0 unspecified atom stereocenters. The first kappa shape index (κ1) is 19.5. The highest BCUT2D eigenvalue weighted by Crippen LogP contribution is 2.27. The summed E-state index contributed by atoms with van der Waals surface area (Å²) in [6.07, 6.45) is 1.38. The van der Waals surface area contributed by atoms with Gasteiger partial charge in [-0.05, 0) is 37.1 Å². The Morgan fingerprint density at radius 3 is 2.59 bits per heavy atom. The van der Waals surface area contributed by atoms with Gasteiger partial charge in [0.25, 0.3) is 15.9 Å². The number of para-hydroxylation sites is 1. The third kappa shape index (κ3) is 4.30. The summed E-state index contributed by atoms with van der Waals surface area (Å²) in [5, 5.41) is 5.97. The van der Waals surface area contributed by atoms with E-state index in [1.807, 2.05) is 0 Å². The SMILES string of the molecule is O=C(NC1CCN(CC2=NS(=O)(=O)c3ccccc3N2)CC1)c1ccccc1F. The molecule has 0 spiro atoms. The van der Waals surface area contributed by atoms with Gasteiger partial charge in [0.2, 0.25) is 0 Å². The molecule has 0 aliphatic carbocycles. The number of hydrogen-bond acceptors (Lipinski definition) is 5. The van der Waals surface area contributed by atoms with Gasteiger partial charge in [0.15, 0.2) is 0 Å². The first-order valence-electron chi connectivity index (χ1n) is 9.40. The molecular weight excluding hydrogens is 395 g/mol. The van der Waals surface area contributed by atoms with Crippen LogP contribution in [0.2, 0.25) is 0 Å².